The molecule has 2 heterocycles. The van der Waals surface area contributed by atoms with Crippen LogP contribution in [0.2, 0.25) is 5.15 Å². The molecule has 4 nitrogen and oxygen atoms in total. The molecule has 1 aromatic carbocycles. The predicted octanol–water partition coefficient (Wildman–Crippen LogP) is 2.98. The summed E-state index contributed by atoms with van der Waals surface area (Å²) in [5.74, 6) is 0.239. The van der Waals surface area contributed by atoms with Gasteiger partial charge in [-0.25, -0.2) is 9.97 Å². The normalized spacial score (nSPS) is 10.9. The Morgan fingerprint density at radius 2 is 1.88 bits per heavy atom. The quantitative estimate of drug-likeness (QED) is 0.648. The summed E-state index contributed by atoms with van der Waals surface area (Å²) in [5.41, 5.74) is 2.55. The summed E-state index contributed by atoms with van der Waals surface area (Å²) in [5, 5.41) is 10.5. The van der Waals surface area contributed by atoms with E-state index in [-0.39, 0.29) is 5.75 Å². The second-order valence-corrected chi connectivity index (χ2v) is 4.01. The van der Waals surface area contributed by atoms with Gasteiger partial charge in [-0.05, 0) is 35.9 Å². The zero-order valence-corrected chi connectivity index (χ0v) is 9.44. The molecule has 3 rings (SSSR count). The van der Waals surface area contributed by atoms with E-state index in [4.69, 9.17) is 11.6 Å². The van der Waals surface area contributed by atoms with Crippen molar-refractivity contribution >= 4 is 22.6 Å². The maximum atomic E-state index is 9.23. The maximum absolute atomic E-state index is 9.23. The first-order chi connectivity index (χ1) is 8.24. The summed E-state index contributed by atoms with van der Waals surface area (Å²) in [6.45, 7) is 0. The molecule has 17 heavy (non-hydrogen) atoms. The number of phenols is 1. The van der Waals surface area contributed by atoms with Crippen LogP contribution < -0.4 is 0 Å². The summed E-state index contributed by atoms with van der Waals surface area (Å²) in [4.78, 5) is 11.2. The molecule has 0 atom stereocenters. The van der Waals surface area contributed by atoms with Crippen molar-refractivity contribution in [3.63, 3.8) is 0 Å². The number of fused-ring (bicyclic) bond motifs is 1. The number of halogens is 1. The van der Waals surface area contributed by atoms with Gasteiger partial charge in [0.25, 0.3) is 0 Å². The van der Waals surface area contributed by atoms with Crippen molar-refractivity contribution < 1.29 is 5.11 Å². The van der Waals surface area contributed by atoms with Crippen molar-refractivity contribution in [2.45, 2.75) is 0 Å². The van der Waals surface area contributed by atoms with Crippen LogP contribution in [0.5, 0.6) is 5.75 Å². The molecule has 0 aliphatic heterocycles. The van der Waals surface area contributed by atoms with E-state index in [1.165, 1.54) is 6.33 Å². The zero-order chi connectivity index (χ0) is 11.8. The number of benzene rings is 1. The minimum atomic E-state index is 0.239. The molecule has 84 valence electrons. The van der Waals surface area contributed by atoms with Crippen LogP contribution in [-0.2, 0) is 0 Å². The fourth-order valence-electron chi connectivity index (χ4n) is 1.71. The van der Waals surface area contributed by atoms with Gasteiger partial charge < -0.3 is 10.1 Å². The summed E-state index contributed by atoms with van der Waals surface area (Å²) in [6, 6.07) is 8.80. The van der Waals surface area contributed by atoms with Crippen LogP contribution in [0.3, 0.4) is 0 Å². The second kappa shape index (κ2) is 3.75. The molecule has 3 aromatic rings. The van der Waals surface area contributed by atoms with E-state index < -0.39 is 0 Å². The van der Waals surface area contributed by atoms with Crippen LogP contribution in [0.4, 0.5) is 0 Å². The van der Waals surface area contributed by atoms with Crippen molar-refractivity contribution in [1.82, 2.24) is 15.0 Å². The highest BCUT2D eigenvalue weighted by molar-refractivity contribution is 6.34. The smallest absolute Gasteiger partial charge is 0.142 e. The van der Waals surface area contributed by atoms with E-state index in [0.717, 1.165) is 16.6 Å². The van der Waals surface area contributed by atoms with Gasteiger partial charge in [-0.1, -0.05) is 11.6 Å². The van der Waals surface area contributed by atoms with E-state index in [0.29, 0.717) is 10.8 Å². The van der Waals surface area contributed by atoms with E-state index in [2.05, 4.69) is 15.0 Å². The highest BCUT2D eigenvalue weighted by Crippen LogP contribution is 2.27. The number of nitrogens with one attached hydrogen (secondary N) is 1. The van der Waals surface area contributed by atoms with Gasteiger partial charge in [0.1, 0.15) is 22.9 Å². The third-order valence-electron chi connectivity index (χ3n) is 2.56. The topological polar surface area (TPSA) is 61.8 Å². The molecule has 5 heteroatoms. The first kappa shape index (κ1) is 10.1. The number of hydrogen-bond acceptors (Lipinski definition) is 3. The molecule has 0 fully saturated rings. The number of phenolic OH excluding ortho intramolecular Hbond substituents is 1. The van der Waals surface area contributed by atoms with Gasteiger partial charge in [0, 0.05) is 5.69 Å². The van der Waals surface area contributed by atoms with Crippen molar-refractivity contribution in [2.24, 2.45) is 0 Å². The first-order valence-corrected chi connectivity index (χ1v) is 5.40. The zero-order valence-electron chi connectivity index (χ0n) is 8.68. The largest absolute Gasteiger partial charge is 0.508 e. The summed E-state index contributed by atoms with van der Waals surface area (Å²) in [6.07, 6.45) is 1.42. The lowest BCUT2D eigenvalue weighted by Gasteiger charge is -1.97. The number of H-pyrrole nitrogens is 1. The molecular formula is C12H8ClN3O. The molecule has 0 bridgehead atoms. The van der Waals surface area contributed by atoms with Crippen LogP contribution in [-0.4, -0.2) is 20.1 Å². The standard InChI is InChI=1S/C12H8ClN3O/c13-11-9-5-10(16-12(9)15-6-14-11)7-1-3-8(17)4-2-7/h1-6,17H,(H,14,15,16). The number of nitrogens with zero attached hydrogens (tertiary/aromatic N) is 2. The van der Waals surface area contributed by atoms with Gasteiger partial charge >= 0.3 is 0 Å². The summed E-state index contributed by atoms with van der Waals surface area (Å²) < 4.78 is 0. The lowest BCUT2D eigenvalue weighted by Crippen LogP contribution is -1.80. The second-order valence-electron chi connectivity index (χ2n) is 3.66. The fraction of sp³-hybridized carbons (Fsp3) is 0. The van der Waals surface area contributed by atoms with Crippen LogP contribution in [0, 0.1) is 0 Å². The summed E-state index contributed by atoms with van der Waals surface area (Å²) in [7, 11) is 0. The SMILES string of the molecule is Oc1ccc(-c2cc3c(Cl)ncnc3[nH]2)cc1. The minimum absolute atomic E-state index is 0.239. The Kier molecular flexibility index (Phi) is 2.23. The van der Waals surface area contributed by atoms with E-state index in [9.17, 15) is 5.11 Å². The number of hydrogen-bond donors (Lipinski definition) is 2. The highest BCUT2D eigenvalue weighted by Gasteiger charge is 2.07. The highest BCUT2D eigenvalue weighted by atomic mass is 35.5. The van der Waals surface area contributed by atoms with Gasteiger partial charge in [0.15, 0.2) is 0 Å². The van der Waals surface area contributed by atoms with Crippen LogP contribution in [0.15, 0.2) is 36.7 Å². The molecule has 0 saturated carbocycles. The molecule has 0 aliphatic rings. The molecule has 0 spiro atoms. The van der Waals surface area contributed by atoms with Gasteiger partial charge in [-0.3, -0.25) is 0 Å². The van der Waals surface area contributed by atoms with Gasteiger partial charge in [-0.15, -0.1) is 0 Å². The molecule has 0 radical (unpaired) electrons. The Bertz CT molecular complexity index is 676. The maximum Gasteiger partial charge on any atom is 0.142 e. The molecule has 0 amide bonds. The molecule has 0 unspecified atom stereocenters. The van der Waals surface area contributed by atoms with Gasteiger partial charge in [0.2, 0.25) is 0 Å². The monoisotopic (exact) mass is 245 g/mol. The lowest BCUT2D eigenvalue weighted by atomic mass is 10.1. The lowest BCUT2D eigenvalue weighted by molar-refractivity contribution is 0.475. The van der Waals surface area contributed by atoms with Crippen molar-refractivity contribution in [1.29, 1.82) is 0 Å². The third kappa shape index (κ3) is 1.72. The number of aromatic amines is 1. The van der Waals surface area contributed by atoms with Crippen LogP contribution in [0.25, 0.3) is 22.3 Å². The van der Waals surface area contributed by atoms with Crippen molar-refractivity contribution in [3.8, 4) is 17.0 Å². The van der Waals surface area contributed by atoms with E-state index in [1.54, 1.807) is 12.1 Å². The number of rotatable bonds is 1. The Morgan fingerprint density at radius 3 is 2.59 bits per heavy atom. The molecule has 2 aromatic heterocycles. The molecule has 2 N–H and O–H groups in total. The molecule has 0 saturated heterocycles. The first-order valence-electron chi connectivity index (χ1n) is 5.02. The minimum Gasteiger partial charge on any atom is -0.508 e. The number of aromatic nitrogens is 3. The Labute approximate surface area is 102 Å². The fourth-order valence-corrected chi connectivity index (χ4v) is 1.89. The Hall–Kier alpha value is -2.07. The van der Waals surface area contributed by atoms with E-state index in [1.807, 2.05) is 18.2 Å². The van der Waals surface area contributed by atoms with Gasteiger partial charge in [-0.2, -0.15) is 0 Å². The predicted molar refractivity (Wildman–Crippen MR) is 66.0 cm³/mol. The van der Waals surface area contributed by atoms with Crippen molar-refractivity contribution in [2.75, 3.05) is 0 Å². The molecular weight excluding hydrogens is 238 g/mol. The Morgan fingerprint density at radius 1 is 1.12 bits per heavy atom. The summed E-state index contributed by atoms with van der Waals surface area (Å²) >= 11 is 5.97. The van der Waals surface area contributed by atoms with Crippen molar-refractivity contribution in [3.05, 3.63) is 41.8 Å². The molecule has 0 aliphatic carbocycles. The average Bonchev–Trinajstić information content (AvgIpc) is 2.75. The average molecular weight is 246 g/mol. The van der Waals surface area contributed by atoms with Crippen LogP contribution in [0.1, 0.15) is 0 Å². The van der Waals surface area contributed by atoms with Crippen LogP contribution >= 0.6 is 11.6 Å². The van der Waals surface area contributed by atoms with E-state index >= 15 is 0 Å². The third-order valence-corrected chi connectivity index (χ3v) is 2.86. The number of aromatic hydroxyl groups is 1. The van der Waals surface area contributed by atoms with Gasteiger partial charge in [0.05, 0.1) is 5.39 Å². The Balaban J connectivity index is 2.18.